The molecule has 152 valence electrons. The van der Waals surface area contributed by atoms with Gasteiger partial charge >= 0.3 is 0 Å². The largest absolute Gasteiger partial charge is 0.370 e. The Labute approximate surface area is 184 Å². The van der Waals surface area contributed by atoms with Gasteiger partial charge in [-0.2, -0.15) is 0 Å². The molecule has 0 spiro atoms. The Bertz CT molecular complexity index is 775. The van der Waals surface area contributed by atoms with E-state index in [0.717, 1.165) is 24.2 Å². The Hall–Kier alpha value is -2.13. The Morgan fingerprint density at radius 2 is 1.82 bits per heavy atom. The average Bonchev–Trinajstić information content (AvgIpc) is 2.67. The molecule has 1 amide bonds. The van der Waals surface area contributed by atoms with Crippen molar-refractivity contribution in [3.8, 4) is 0 Å². The fourth-order valence-corrected chi connectivity index (χ4v) is 2.49. The summed E-state index contributed by atoms with van der Waals surface area (Å²) in [4.78, 5) is 18.6. The molecule has 28 heavy (non-hydrogen) atoms. The number of benzene rings is 2. The highest BCUT2D eigenvalue weighted by Crippen LogP contribution is 2.10. The van der Waals surface area contributed by atoms with E-state index >= 15 is 0 Å². The number of hydrogen-bond acceptors (Lipinski definition) is 3. The Balaban J connectivity index is 0.00000392. The van der Waals surface area contributed by atoms with Gasteiger partial charge in [-0.15, -0.1) is 24.0 Å². The summed E-state index contributed by atoms with van der Waals surface area (Å²) in [6.07, 6.45) is 1.00. The number of amides is 1. The molecular formula is C21H30IN5O. The van der Waals surface area contributed by atoms with Crippen molar-refractivity contribution in [2.45, 2.75) is 19.9 Å². The zero-order chi connectivity index (χ0) is 19.6. The SMILES string of the molecule is CCc1ccc(NC(N)=NCc2cccc(C(=O)NCCN(C)C)c2)cc1.I. The minimum atomic E-state index is -0.0789. The molecule has 0 aromatic heterocycles. The number of aryl methyl sites for hydroxylation is 1. The summed E-state index contributed by atoms with van der Waals surface area (Å²) in [5, 5.41) is 5.99. The summed E-state index contributed by atoms with van der Waals surface area (Å²) in [5.74, 6) is 0.268. The highest BCUT2D eigenvalue weighted by molar-refractivity contribution is 14.0. The zero-order valence-corrected chi connectivity index (χ0v) is 19.1. The number of anilines is 1. The summed E-state index contributed by atoms with van der Waals surface area (Å²) < 4.78 is 0. The summed E-state index contributed by atoms with van der Waals surface area (Å²) in [7, 11) is 3.95. The van der Waals surface area contributed by atoms with Crippen LogP contribution in [0.5, 0.6) is 0 Å². The fourth-order valence-electron chi connectivity index (χ4n) is 2.49. The van der Waals surface area contributed by atoms with Gasteiger partial charge in [0, 0.05) is 24.3 Å². The summed E-state index contributed by atoms with van der Waals surface area (Å²) in [6, 6.07) is 15.5. The standard InChI is InChI=1S/C21H29N5O.HI/c1-4-16-8-10-19(11-9-16)25-21(22)24-15-17-6-5-7-18(14-17)20(27)23-12-13-26(2)3;/h5-11,14H,4,12-13,15H2,1-3H3,(H,23,27)(H3,22,24,25);1H. The third-order valence-corrected chi connectivity index (χ3v) is 4.10. The van der Waals surface area contributed by atoms with Gasteiger partial charge in [-0.25, -0.2) is 4.99 Å². The molecule has 0 bridgehead atoms. The summed E-state index contributed by atoms with van der Waals surface area (Å²) in [6.45, 7) is 3.94. The monoisotopic (exact) mass is 495 g/mol. The van der Waals surface area contributed by atoms with Crippen LogP contribution in [0.25, 0.3) is 0 Å². The third-order valence-electron chi connectivity index (χ3n) is 4.10. The molecule has 2 aromatic rings. The lowest BCUT2D eigenvalue weighted by Crippen LogP contribution is -2.31. The normalized spacial score (nSPS) is 11.1. The molecule has 0 aliphatic heterocycles. The zero-order valence-electron chi connectivity index (χ0n) is 16.7. The van der Waals surface area contributed by atoms with Crippen LogP contribution in [0.1, 0.15) is 28.4 Å². The van der Waals surface area contributed by atoms with Crippen molar-refractivity contribution in [2.75, 3.05) is 32.5 Å². The molecule has 0 radical (unpaired) electrons. The van der Waals surface area contributed by atoms with Gasteiger partial charge in [-0.3, -0.25) is 4.79 Å². The molecule has 0 heterocycles. The lowest BCUT2D eigenvalue weighted by Gasteiger charge is -2.11. The van der Waals surface area contributed by atoms with Crippen LogP contribution in [-0.4, -0.2) is 44.0 Å². The van der Waals surface area contributed by atoms with Gasteiger partial charge in [-0.1, -0.05) is 31.2 Å². The predicted octanol–water partition coefficient (Wildman–Crippen LogP) is 3.09. The second-order valence-corrected chi connectivity index (χ2v) is 6.64. The Morgan fingerprint density at radius 1 is 1.11 bits per heavy atom. The Kier molecular flexibility index (Phi) is 10.5. The lowest BCUT2D eigenvalue weighted by atomic mass is 10.1. The predicted molar refractivity (Wildman–Crippen MR) is 128 cm³/mol. The third kappa shape index (κ3) is 8.26. The molecule has 0 unspecified atom stereocenters. The molecule has 0 atom stereocenters. The number of carbonyl (C=O) groups excluding carboxylic acids is 1. The Morgan fingerprint density at radius 3 is 2.46 bits per heavy atom. The topological polar surface area (TPSA) is 82.7 Å². The number of aliphatic imine (C=N–C) groups is 1. The molecule has 6 nitrogen and oxygen atoms in total. The first-order valence-electron chi connectivity index (χ1n) is 9.15. The maximum absolute atomic E-state index is 12.2. The first-order valence-corrected chi connectivity index (χ1v) is 9.15. The highest BCUT2D eigenvalue weighted by Gasteiger charge is 2.06. The van der Waals surface area contributed by atoms with E-state index in [1.807, 2.05) is 49.3 Å². The van der Waals surface area contributed by atoms with Crippen LogP contribution in [0.3, 0.4) is 0 Å². The quantitative estimate of drug-likeness (QED) is 0.299. The number of nitrogens with one attached hydrogen (secondary N) is 2. The van der Waals surface area contributed by atoms with E-state index in [9.17, 15) is 4.79 Å². The van der Waals surface area contributed by atoms with Gasteiger partial charge in [0.1, 0.15) is 0 Å². The first kappa shape index (κ1) is 23.9. The summed E-state index contributed by atoms with van der Waals surface area (Å²) >= 11 is 0. The second kappa shape index (κ2) is 12.4. The molecule has 0 fully saturated rings. The van der Waals surface area contributed by atoms with Crippen molar-refractivity contribution in [2.24, 2.45) is 10.7 Å². The van der Waals surface area contributed by atoms with Crippen molar-refractivity contribution < 1.29 is 4.79 Å². The van der Waals surface area contributed by atoms with Gasteiger partial charge < -0.3 is 21.3 Å². The summed E-state index contributed by atoms with van der Waals surface area (Å²) in [5.41, 5.74) is 9.71. The second-order valence-electron chi connectivity index (χ2n) is 6.64. The molecule has 0 saturated heterocycles. The van der Waals surface area contributed by atoms with E-state index in [1.165, 1.54) is 5.56 Å². The lowest BCUT2D eigenvalue weighted by molar-refractivity contribution is 0.0951. The number of nitrogens with zero attached hydrogens (tertiary/aromatic N) is 2. The van der Waals surface area contributed by atoms with E-state index in [2.05, 4.69) is 34.7 Å². The number of nitrogens with two attached hydrogens (primary N) is 1. The van der Waals surface area contributed by atoms with Crippen LogP contribution >= 0.6 is 24.0 Å². The van der Waals surface area contributed by atoms with E-state index in [0.29, 0.717) is 24.6 Å². The molecule has 0 saturated carbocycles. The van der Waals surface area contributed by atoms with Gasteiger partial charge in [0.25, 0.3) is 5.91 Å². The maximum atomic E-state index is 12.2. The van der Waals surface area contributed by atoms with Crippen LogP contribution in [0.2, 0.25) is 0 Å². The molecular weight excluding hydrogens is 465 g/mol. The minimum absolute atomic E-state index is 0. The van der Waals surface area contributed by atoms with Crippen molar-refractivity contribution >= 4 is 41.5 Å². The molecule has 7 heteroatoms. The maximum Gasteiger partial charge on any atom is 0.251 e. The molecule has 0 aliphatic carbocycles. The minimum Gasteiger partial charge on any atom is -0.370 e. The number of hydrogen-bond donors (Lipinski definition) is 3. The van der Waals surface area contributed by atoms with Gasteiger partial charge in [0.15, 0.2) is 5.96 Å². The van der Waals surface area contributed by atoms with E-state index in [4.69, 9.17) is 5.73 Å². The van der Waals surface area contributed by atoms with Crippen molar-refractivity contribution in [1.29, 1.82) is 0 Å². The average molecular weight is 495 g/mol. The van der Waals surface area contributed by atoms with E-state index in [-0.39, 0.29) is 29.9 Å². The molecule has 0 aliphatic rings. The van der Waals surface area contributed by atoms with Crippen molar-refractivity contribution in [3.63, 3.8) is 0 Å². The van der Waals surface area contributed by atoms with E-state index < -0.39 is 0 Å². The van der Waals surface area contributed by atoms with Crippen LogP contribution < -0.4 is 16.4 Å². The van der Waals surface area contributed by atoms with Crippen LogP contribution in [0.4, 0.5) is 5.69 Å². The van der Waals surface area contributed by atoms with Gasteiger partial charge in [-0.05, 0) is 55.9 Å². The smallest absolute Gasteiger partial charge is 0.251 e. The number of carbonyl (C=O) groups is 1. The van der Waals surface area contributed by atoms with Crippen LogP contribution in [0, 0.1) is 0 Å². The van der Waals surface area contributed by atoms with Gasteiger partial charge in [0.2, 0.25) is 0 Å². The van der Waals surface area contributed by atoms with Crippen molar-refractivity contribution in [3.05, 3.63) is 65.2 Å². The van der Waals surface area contributed by atoms with Crippen molar-refractivity contribution in [1.82, 2.24) is 10.2 Å². The van der Waals surface area contributed by atoms with Crippen LogP contribution in [-0.2, 0) is 13.0 Å². The molecule has 4 N–H and O–H groups in total. The number of guanidine groups is 1. The highest BCUT2D eigenvalue weighted by atomic mass is 127. The number of halogens is 1. The van der Waals surface area contributed by atoms with Gasteiger partial charge in [0.05, 0.1) is 6.54 Å². The fraction of sp³-hybridized carbons (Fsp3) is 0.333. The molecule has 2 rings (SSSR count). The first-order chi connectivity index (χ1) is 13.0. The molecule has 2 aromatic carbocycles. The van der Waals surface area contributed by atoms with Crippen LogP contribution in [0.15, 0.2) is 53.5 Å². The number of likely N-dealkylation sites (N-methyl/N-ethyl adjacent to an activating group) is 1. The van der Waals surface area contributed by atoms with E-state index in [1.54, 1.807) is 6.07 Å². The number of rotatable bonds is 8.